The zero-order valence-electron chi connectivity index (χ0n) is 52.0. The van der Waals surface area contributed by atoms with Crippen molar-refractivity contribution in [2.45, 2.75) is 283 Å². The second-order valence-corrected chi connectivity index (χ2v) is 42.8. The average molecular weight is 1120 g/mol. The zero-order chi connectivity index (χ0) is 57.9. The Balaban J connectivity index is 1.92. The number of Topliss-reactive ketones (excluding diaryl/α,β-unsaturated/α-hetero) is 2. The van der Waals surface area contributed by atoms with Crippen LogP contribution in [0.1, 0.15) is 174 Å². The van der Waals surface area contributed by atoms with Crippen molar-refractivity contribution in [1.29, 1.82) is 0 Å². The molecule has 0 radical (unpaired) electrons. The maximum atomic E-state index is 15.2. The number of allylic oxidation sites excluding steroid dienone is 3. The first-order chi connectivity index (χ1) is 34.7. The molecule has 3 heterocycles. The van der Waals surface area contributed by atoms with Gasteiger partial charge in [-0.15, -0.1) is 0 Å². The molecule has 14 unspecified atom stereocenters. The molecule has 0 spiro atoms. The van der Waals surface area contributed by atoms with Gasteiger partial charge in [0.2, 0.25) is 5.79 Å². The number of ether oxygens (including phenoxy) is 4. The number of piperidine rings is 1. The lowest BCUT2D eigenvalue weighted by atomic mass is 9.81. The van der Waals surface area contributed by atoms with E-state index in [1.807, 2.05) is 20.8 Å². The first-order valence-electron chi connectivity index (χ1n) is 29.2. The van der Waals surface area contributed by atoms with Crippen LogP contribution in [-0.4, -0.2) is 134 Å². The van der Waals surface area contributed by atoms with Gasteiger partial charge in [0.1, 0.15) is 24.0 Å². The number of amides is 1. The number of esters is 1. The van der Waals surface area contributed by atoms with Gasteiger partial charge in [0.15, 0.2) is 25.0 Å². The van der Waals surface area contributed by atoms with Crippen molar-refractivity contribution in [3.63, 3.8) is 0 Å². The monoisotopic (exact) mass is 1120 g/mol. The van der Waals surface area contributed by atoms with Crippen LogP contribution in [0.4, 0.5) is 0 Å². The molecule has 4 aliphatic rings. The van der Waals surface area contributed by atoms with E-state index < -0.39 is 96.8 Å². The molecular weight excluding hydrogens is 1010 g/mol. The molecule has 4 rings (SSSR count). The Morgan fingerprint density at radius 1 is 0.737 bits per heavy atom. The number of hydrogen-bond donors (Lipinski definition) is 1. The highest BCUT2D eigenvalue weighted by Gasteiger charge is 2.57. The Hall–Kier alpha value is -1.87. The highest BCUT2D eigenvalue weighted by molar-refractivity contribution is 6.75. The fraction of sp³-hybridized carbons (Fsp3) is 0.867. The largest absolute Gasteiger partial charge is 0.456 e. The van der Waals surface area contributed by atoms with E-state index in [-0.39, 0.29) is 76.7 Å². The van der Waals surface area contributed by atoms with E-state index in [0.29, 0.717) is 32.1 Å². The van der Waals surface area contributed by atoms with Gasteiger partial charge in [0.05, 0.1) is 30.5 Å². The Bertz CT molecular complexity index is 2050. The SMILES string of the molecule is CCC1C=C(C)CC(C)CC(OC)C2OC(O)(C(=O)C(=O)N3CCCCC3C(=O)OC(C(C)=CC3CCC(O[Si](C)(C)C(C)(C)C)C(O[Si](C)(C)C(C)(C)C)C3)C(C)C(O[Si](C)(C)C(C)(C)C)CC1=O)C(C)CC2OC. The van der Waals surface area contributed by atoms with Crippen molar-refractivity contribution in [1.82, 2.24) is 4.90 Å². The third-order valence-corrected chi connectivity index (χ3v) is 32.8. The summed E-state index contributed by atoms with van der Waals surface area (Å²) in [6.07, 6.45) is 6.62. The molecule has 1 saturated carbocycles. The predicted molar refractivity (Wildman–Crippen MR) is 311 cm³/mol. The maximum absolute atomic E-state index is 15.2. The minimum absolute atomic E-state index is 0.0158. The van der Waals surface area contributed by atoms with Crippen molar-refractivity contribution in [3.8, 4) is 0 Å². The third kappa shape index (κ3) is 16.0. The quantitative estimate of drug-likeness (QED) is 0.0905. The highest BCUT2D eigenvalue weighted by Crippen LogP contribution is 2.46. The molecule has 0 aromatic heterocycles. The van der Waals surface area contributed by atoms with Gasteiger partial charge in [-0.3, -0.25) is 14.4 Å². The Kier molecular flexibility index (Phi) is 22.7. The molecule has 3 aliphatic heterocycles. The van der Waals surface area contributed by atoms with Crippen LogP contribution in [0.3, 0.4) is 0 Å². The number of cyclic esters (lactones) is 1. The summed E-state index contributed by atoms with van der Waals surface area (Å²) >= 11 is 0. The molecule has 438 valence electrons. The minimum Gasteiger partial charge on any atom is -0.456 e. The zero-order valence-corrected chi connectivity index (χ0v) is 55.0. The number of carbonyl (C=O) groups is 4. The fourth-order valence-electron chi connectivity index (χ4n) is 11.2. The van der Waals surface area contributed by atoms with Gasteiger partial charge in [-0.2, -0.15) is 0 Å². The van der Waals surface area contributed by atoms with Crippen LogP contribution in [0.5, 0.6) is 0 Å². The summed E-state index contributed by atoms with van der Waals surface area (Å²) in [4.78, 5) is 60.9. The van der Waals surface area contributed by atoms with Gasteiger partial charge in [0, 0.05) is 44.9 Å². The number of rotatable bonds is 11. The molecule has 14 atom stereocenters. The summed E-state index contributed by atoms with van der Waals surface area (Å²) < 4.78 is 47.1. The first-order valence-corrected chi connectivity index (χ1v) is 37.9. The van der Waals surface area contributed by atoms with E-state index in [1.165, 1.54) is 4.90 Å². The van der Waals surface area contributed by atoms with Crippen LogP contribution in [-0.2, 0) is 51.4 Å². The smallest absolute Gasteiger partial charge is 0.329 e. The van der Waals surface area contributed by atoms with E-state index in [1.54, 1.807) is 21.1 Å². The summed E-state index contributed by atoms with van der Waals surface area (Å²) in [5.41, 5.74) is 1.90. The molecule has 13 nitrogen and oxygen atoms in total. The van der Waals surface area contributed by atoms with E-state index in [9.17, 15) is 19.5 Å². The lowest BCUT2D eigenvalue weighted by Gasteiger charge is -2.48. The van der Waals surface area contributed by atoms with E-state index in [4.69, 9.17) is 32.2 Å². The highest BCUT2D eigenvalue weighted by atomic mass is 28.4. The average Bonchev–Trinajstić information content (AvgIpc) is 3.30. The van der Waals surface area contributed by atoms with Crippen LogP contribution in [0.15, 0.2) is 23.3 Å². The molecule has 0 aromatic rings. The lowest BCUT2D eigenvalue weighted by Crippen LogP contribution is -2.64. The van der Waals surface area contributed by atoms with Gasteiger partial charge < -0.3 is 42.2 Å². The van der Waals surface area contributed by atoms with Crippen LogP contribution in [0, 0.1) is 29.6 Å². The minimum atomic E-state index is -2.57. The number of fused-ring (bicyclic) bond motifs is 3. The van der Waals surface area contributed by atoms with Crippen LogP contribution in [0.2, 0.25) is 54.4 Å². The van der Waals surface area contributed by atoms with Crippen molar-refractivity contribution in [2.75, 3.05) is 20.8 Å². The Labute approximate surface area is 464 Å². The summed E-state index contributed by atoms with van der Waals surface area (Å²) in [7, 11) is -3.85. The summed E-state index contributed by atoms with van der Waals surface area (Å²) in [6, 6.07) is -1.11. The number of aliphatic hydroxyl groups is 1. The molecule has 0 aromatic carbocycles. The molecule has 16 heteroatoms. The van der Waals surface area contributed by atoms with Gasteiger partial charge in [0.25, 0.3) is 11.7 Å². The number of methoxy groups -OCH3 is 2. The molecule has 3 fully saturated rings. The van der Waals surface area contributed by atoms with Gasteiger partial charge >= 0.3 is 5.97 Å². The van der Waals surface area contributed by atoms with Gasteiger partial charge in [-0.05, 0) is 150 Å². The van der Waals surface area contributed by atoms with Gasteiger partial charge in [-0.25, -0.2) is 4.79 Å². The van der Waals surface area contributed by atoms with Crippen molar-refractivity contribution in [3.05, 3.63) is 23.3 Å². The second-order valence-electron chi connectivity index (χ2n) is 28.5. The molecule has 2 saturated heterocycles. The fourth-order valence-corrected chi connectivity index (χ4v) is 15.3. The van der Waals surface area contributed by atoms with Crippen molar-refractivity contribution in [2.24, 2.45) is 29.6 Å². The predicted octanol–water partition coefficient (Wildman–Crippen LogP) is 12.9. The number of ketones is 2. The number of hydrogen-bond acceptors (Lipinski definition) is 12. The summed E-state index contributed by atoms with van der Waals surface area (Å²) in [5, 5.41) is 12.2. The van der Waals surface area contributed by atoms with E-state index >= 15 is 4.79 Å². The second kappa shape index (κ2) is 25.9. The molecule has 76 heavy (non-hydrogen) atoms. The third-order valence-electron chi connectivity index (χ3n) is 19.3. The van der Waals surface area contributed by atoms with Crippen molar-refractivity contribution >= 4 is 48.4 Å². The maximum Gasteiger partial charge on any atom is 0.329 e. The lowest BCUT2D eigenvalue weighted by molar-refractivity contribution is -0.302. The topological polar surface area (TPSA) is 156 Å². The first kappa shape index (κ1) is 66.6. The normalized spacial score (nSPS) is 34.5. The molecular formula is C60H109NO12Si3. The Morgan fingerprint density at radius 2 is 1.26 bits per heavy atom. The molecule has 1 aliphatic carbocycles. The Morgan fingerprint density at radius 3 is 1.79 bits per heavy atom. The molecule has 1 N–H and O–H groups in total. The summed E-state index contributed by atoms with van der Waals surface area (Å²) in [5.74, 6) is -6.77. The van der Waals surface area contributed by atoms with E-state index in [2.05, 4.69) is 128 Å². The van der Waals surface area contributed by atoms with Crippen LogP contribution in [0.25, 0.3) is 0 Å². The standard InChI is InChI=1S/C60H109NO12Si3/c1-24-44-32-38(2)31-39(3)33-50(67-16)53-51(68-17)35-41(5)60(66,70-53)54(63)55(64)61-30-26-25-27-45(61)56(65)69-52(42(6)48(37-46(44)62)72-75(20,21)58(10,11)12)40(4)34-43-28-29-47(71-74(18,19)57(7,8)9)49(36-43)73-76(22,23)59(13,14)15/h32,34,39,41-45,47-53,66H,24-31,33,35-37H2,1-23H3. The van der Waals surface area contributed by atoms with E-state index in [0.717, 1.165) is 30.4 Å². The van der Waals surface area contributed by atoms with Crippen LogP contribution >= 0.6 is 0 Å². The van der Waals surface area contributed by atoms with Crippen LogP contribution < -0.4 is 0 Å². The number of carbonyl (C=O) groups excluding carboxylic acids is 4. The summed E-state index contributed by atoms with van der Waals surface area (Å²) in [6.45, 7) is 45.9. The van der Waals surface area contributed by atoms with Gasteiger partial charge in [-0.1, -0.05) is 108 Å². The number of nitrogens with zero attached hydrogens (tertiary/aromatic N) is 1. The molecule has 2 bridgehead atoms. The van der Waals surface area contributed by atoms with Crippen molar-refractivity contribution < 1.29 is 56.5 Å². The molecule has 1 amide bonds.